The van der Waals surface area contributed by atoms with Crippen molar-refractivity contribution < 1.29 is 0 Å². The molecule has 1 aliphatic heterocycles. The number of hydrogen-bond donors (Lipinski definition) is 2. The summed E-state index contributed by atoms with van der Waals surface area (Å²) in [6, 6.07) is 0. The molecule has 0 bridgehead atoms. The van der Waals surface area contributed by atoms with Crippen LogP contribution in [-0.4, -0.2) is 19.6 Å². The minimum Gasteiger partial charge on any atom is -0.330 e. The Hall–Kier alpha value is 0.500. The first-order valence-corrected chi connectivity index (χ1v) is 2.34. The van der Waals surface area contributed by atoms with E-state index in [1.807, 2.05) is 0 Å². The molecule has 0 aliphatic carbocycles. The van der Waals surface area contributed by atoms with Gasteiger partial charge in [-0.05, 0) is 12.5 Å². The maximum absolute atomic E-state index is 5.29. The van der Waals surface area contributed by atoms with Gasteiger partial charge in [0, 0.05) is 13.1 Å². The highest BCUT2D eigenvalue weighted by atomic mass is 35.5. The first-order chi connectivity index (χ1) is 2.93. The summed E-state index contributed by atoms with van der Waals surface area (Å²) in [7, 11) is 0. The minimum atomic E-state index is 0. The molecule has 0 unspecified atom stereocenters. The molecule has 0 saturated carbocycles. The average molecular weight is 159 g/mol. The molecule has 1 aliphatic rings. The number of halogens is 2. The van der Waals surface area contributed by atoms with Gasteiger partial charge in [0.2, 0.25) is 0 Å². The van der Waals surface area contributed by atoms with Crippen LogP contribution in [0.2, 0.25) is 0 Å². The lowest BCUT2D eigenvalue weighted by molar-refractivity contribution is 0.357. The van der Waals surface area contributed by atoms with E-state index in [2.05, 4.69) is 5.32 Å². The fraction of sp³-hybridized carbons (Fsp3) is 1.00. The molecule has 1 rings (SSSR count). The maximum atomic E-state index is 5.29. The summed E-state index contributed by atoms with van der Waals surface area (Å²) >= 11 is 0. The number of nitrogens with two attached hydrogens (primary N) is 1. The second-order valence-corrected chi connectivity index (χ2v) is 1.76. The Balaban J connectivity index is 0. The van der Waals surface area contributed by atoms with E-state index < -0.39 is 0 Å². The molecule has 1 fully saturated rings. The van der Waals surface area contributed by atoms with E-state index in [1.54, 1.807) is 0 Å². The average Bonchev–Trinajstić information content (AvgIpc) is 1.31. The van der Waals surface area contributed by atoms with E-state index in [4.69, 9.17) is 5.73 Å². The van der Waals surface area contributed by atoms with Crippen molar-refractivity contribution in [2.45, 2.75) is 0 Å². The van der Waals surface area contributed by atoms with E-state index >= 15 is 0 Å². The third-order valence-corrected chi connectivity index (χ3v) is 1.20. The summed E-state index contributed by atoms with van der Waals surface area (Å²) in [4.78, 5) is 0. The van der Waals surface area contributed by atoms with Gasteiger partial charge in [-0.3, -0.25) is 0 Å². The van der Waals surface area contributed by atoms with Crippen LogP contribution < -0.4 is 11.1 Å². The topological polar surface area (TPSA) is 38.0 Å². The molecule has 0 spiro atoms. The van der Waals surface area contributed by atoms with E-state index in [1.165, 1.54) is 0 Å². The molecular weight excluding hydrogens is 147 g/mol. The lowest BCUT2D eigenvalue weighted by Gasteiger charge is -2.24. The molecule has 1 heterocycles. The monoisotopic (exact) mass is 158 g/mol. The highest BCUT2D eigenvalue weighted by molar-refractivity contribution is 5.85. The number of hydrogen-bond acceptors (Lipinski definition) is 2. The zero-order valence-electron chi connectivity index (χ0n) is 4.59. The lowest BCUT2D eigenvalue weighted by Crippen LogP contribution is -2.45. The summed E-state index contributed by atoms with van der Waals surface area (Å²) < 4.78 is 0. The van der Waals surface area contributed by atoms with Crippen LogP contribution in [0.4, 0.5) is 0 Å². The van der Waals surface area contributed by atoms with Crippen molar-refractivity contribution in [3.05, 3.63) is 0 Å². The molecule has 1 saturated heterocycles. The molecule has 0 amide bonds. The van der Waals surface area contributed by atoms with Gasteiger partial charge in [-0.2, -0.15) is 0 Å². The van der Waals surface area contributed by atoms with Crippen molar-refractivity contribution in [1.29, 1.82) is 0 Å². The predicted octanol–water partition coefficient (Wildman–Crippen LogP) is 0.00810. The minimum absolute atomic E-state index is 0. The molecule has 0 aromatic rings. The van der Waals surface area contributed by atoms with Crippen LogP contribution >= 0.6 is 24.8 Å². The molecule has 0 radical (unpaired) electrons. The van der Waals surface area contributed by atoms with Crippen LogP contribution in [0.15, 0.2) is 0 Å². The summed E-state index contributed by atoms with van der Waals surface area (Å²) in [5, 5.41) is 3.13. The van der Waals surface area contributed by atoms with Gasteiger partial charge in [-0.15, -0.1) is 24.8 Å². The van der Waals surface area contributed by atoms with Crippen molar-refractivity contribution in [2.75, 3.05) is 19.6 Å². The van der Waals surface area contributed by atoms with Crippen LogP contribution in [0.25, 0.3) is 0 Å². The van der Waals surface area contributed by atoms with Crippen LogP contribution in [-0.2, 0) is 0 Å². The normalized spacial score (nSPS) is 17.6. The summed E-state index contributed by atoms with van der Waals surface area (Å²) in [5.74, 6) is 0.782. The Kier molecular flexibility index (Phi) is 7.97. The van der Waals surface area contributed by atoms with Gasteiger partial charge in [0.15, 0.2) is 0 Å². The summed E-state index contributed by atoms with van der Waals surface area (Å²) in [6.45, 7) is 3.12. The largest absolute Gasteiger partial charge is 0.330 e. The zero-order chi connectivity index (χ0) is 4.41. The maximum Gasteiger partial charge on any atom is 0.000386 e. The van der Waals surface area contributed by atoms with Crippen LogP contribution in [0, 0.1) is 5.92 Å². The van der Waals surface area contributed by atoms with Crippen molar-refractivity contribution in [3.63, 3.8) is 0 Å². The van der Waals surface area contributed by atoms with Gasteiger partial charge in [-0.25, -0.2) is 0 Å². The predicted molar refractivity (Wildman–Crippen MR) is 39.9 cm³/mol. The van der Waals surface area contributed by atoms with Crippen molar-refractivity contribution >= 4 is 24.8 Å². The Morgan fingerprint density at radius 1 is 1.38 bits per heavy atom. The third kappa shape index (κ3) is 2.72. The van der Waals surface area contributed by atoms with E-state index in [0.717, 1.165) is 25.6 Å². The van der Waals surface area contributed by atoms with Gasteiger partial charge in [0.05, 0.1) is 0 Å². The van der Waals surface area contributed by atoms with Gasteiger partial charge in [0.25, 0.3) is 0 Å². The Labute approximate surface area is 62.0 Å². The van der Waals surface area contributed by atoms with Crippen LogP contribution in [0.1, 0.15) is 0 Å². The Morgan fingerprint density at radius 3 is 1.88 bits per heavy atom. The second kappa shape index (κ2) is 5.63. The molecule has 3 N–H and O–H groups in total. The first-order valence-electron chi connectivity index (χ1n) is 2.34. The van der Waals surface area contributed by atoms with Crippen molar-refractivity contribution in [3.8, 4) is 0 Å². The van der Waals surface area contributed by atoms with Crippen molar-refractivity contribution in [1.82, 2.24) is 5.32 Å². The van der Waals surface area contributed by atoms with Crippen molar-refractivity contribution in [2.24, 2.45) is 11.7 Å². The molecule has 0 aromatic carbocycles. The quantitative estimate of drug-likeness (QED) is 0.565. The van der Waals surface area contributed by atoms with Gasteiger partial charge < -0.3 is 11.1 Å². The lowest BCUT2D eigenvalue weighted by atomic mass is 10.1. The summed E-state index contributed by atoms with van der Waals surface area (Å²) in [5.41, 5.74) is 5.29. The van der Waals surface area contributed by atoms with E-state index in [0.29, 0.717) is 0 Å². The second-order valence-electron chi connectivity index (χ2n) is 1.76. The third-order valence-electron chi connectivity index (χ3n) is 1.20. The molecule has 8 heavy (non-hydrogen) atoms. The number of nitrogens with one attached hydrogen (secondary N) is 1. The van der Waals surface area contributed by atoms with E-state index in [9.17, 15) is 0 Å². The van der Waals surface area contributed by atoms with Crippen LogP contribution in [0.3, 0.4) is 0 Å². The summed E-state index contributed by atoms with van der Waals surface area (Å²) in [6.07, 6.45) is 0. The molecular formula is C4H12Cl2N2. The highest BCUT2D eigenvalue weighted by Crippen LogP contribution is 1.96. The van der Waals surface area contributed by atoms with Crippen LogP contribution in [0.5, 0.6) is 0 Å². The zero-order valence-corrected chi connectivity index (χ0v) is 6.23. The smallest absolute Gasteiger partial charge is 0.000386 e. The first kappa shape index (κ1) is 11.3. The SMILES string of the molecule is Cl.Cl.NCC1CNC1. The fourth-order valence-electron chi connectivity index (χ4n) is 0.515. The van der Waals surface area contributed by atoms with E-state index in [-0.39, 0.29) is 24.8 Å². The van der Waals surface area contributed by atoms with Gasteiger partial charge >= 0.3 is 0 Å². The molecule has 0 aromatic heterocycles. The molecule has 2 nitrogen and oxygen atoms in total. The fourth-order valence-corrected chi connectivity index (χ4v) is 0.515. The molecule has 0 atom stereocenters. The number of rotatable bonds is 1. The molecule has 4 heteroatoms. The van der Waals surface area contributed by atoms with Gasteiger partial charge in [0.1, 0.15) is 0 Å². The van der Waals surface area contributed by atoms with Gasteiger partial charge in [-0.1, -0.05) is 0 Å². The molecule has 52 valence electrons. The Morgan fingerprint density at radius 2 is 1.88 bits per heavy atom. The highest BCUT2D eigenvalue weighted by Gasteiger charge is 2.12. The Bertz CT molecular complexity index is 44.5. The standard InChI is InChI=1S/C4H10N2.2ClH/c5-1-4-2-6-3-4;;/h4,6H,1-3,5H2;2*1H.